The maximum atomic E-state index is 6.30. The molecule has 268 valence electrons. The van der Waals surface area contributed by atoms with Crippen molar-refractivity contribution in [1.29, 1.82) is 0 Å². The summed E-state index contributed by atoms with van der Waals surface area (Å²) in [5, 5.41) is 15.7. The van der Waals surface area contributed by atoms with Crippen molar-refractivity contribution in [3.05, 3.63) is 210 Å². The molecule has 0 spiro atoms. The first-order valence-electron chi connectivity index (χ1n) is 19.3. The van der Waals surface area contributed by atoms with Crippen LogP contribution >= 0.6 is 0 Å². The molecule has 0 fully saturated rings. The number of dihydropyridines is 1. The van der Waals surface area contributed by atoms with Crippen LogP contribution in [0.1, 0.15) is 34.5 Å². The summed E-state index contributed by atoms with van der Waals surface area (Å²) in [7, 11) is 0. The third-order valence-corrected chi connectivity index (χ3v) is 11.3. The fourth-order valence-corrected chi connectivity index (χ4v) is 8.57. The quantitative estimate of drug-likeness (QED) is 0.160. The van der Waals surface area contributed by atoms with Crippen LogP contribution < -0.4 is 16.0 Å². The zero-order valence-electron chi connectivity index (χ0n) is 30.6. The summed E-state index contributed by atoms with van der Waals surface area (Å²) >= 11 is 0. The van der Waals surface area contributed by atoms with Gasteiger partial charge < -0.3 is 19.6 Å². The van der Waals surface area contributed by atoms with Gasteiger partial charge in [-0.3, -0.25) is 5.32 Å². The summed E-state index contributed by atoms with van der Waals surface area (Å²) < 4.78 is 8.69. The molecule has 0 radical (unpaired) electrons. The van der Waals surface area contributed by atoms with Gasteiger partial charge in [-0.1, -0.05) is 140 Å². The van der Waals surface area contributed by atoms with E-state index in [0.29, 0.717) is 0 Å². The maximum Gasteiger partial charge on any atom is 0.137 e. The van der Waals surface area contributed by atoms with Gasteiger partial charge in [-0.2, -0.15) is 0 Å². The van der Waals surface area contributed by atoms with Crippen LogP contribution in [0.5, 0.6) is 0 Å². The number of rotatable bonds is 6. The average molecular weight is 723 g/mol. The molecule has 0 saturated carbocycles. The number of hydrogen-bond donors (Lipinski definition) is 3. The normalized spacial score (nSPS) is 16.9. The van der Waals surface area contributed by atoms with Crippen LogP contribution in [0.4, 0.5) is 0 Å². The number of benzene rings is 7. The van der Waals surface area contributed by atoms with Crippen molar-refractivity contribution in [2.75, 3.05) is 6.54 Å². The smallest absolute Gasteiger partial charge is 0.137 e. The van der Waals surface area contributed by atoms with Gasteiger partial charge in [0.15, 0.2) is 0 Å². The first-order chi connectivity index (χ1) is 27.7. The summed E-state index contributed by atoms with van der Waals surface area (Å²) in [5.41, 5.74) is 14.7. The van der Waals surface area contributed by atoms with E-state index in [1.807, 2.05) is 12.1 Å². The Hall–Kier alpha value is -7.08. The Bertz CT molecular complexity index is 3020. The minimum Gasteiger partial charge on any atom is -0.456 e. The lowest BCUT2D eigenvalue weighted by Crippen LogP contribution is -2.39. The molecule has 2 aliphatic heterocycles. The Kier molecular flexibility index (Phi) is 7.71. The number of fused-ring (bicyclic) bond motifs is 6. The van der Waals surface area contributed by atoms with E-state index in [4.69, 9.17) is 4.42 Å². The maximum absolute atomic E-state index is 6.30. The van der Waals surface area contributed by atoms with Crippen molar-refractivity contribution in [3.8, 4) is 16.8 Å². The number of nitrogens with zero attached hydrogens (tertiary/aromatic N) is 1. The molecular formula is C51H38N4O. The summed E-state index contributed by atoms with van der Waals surface area (Å²) in [4.78, 5) is 0. The van der Waals surface area contributed by atoms with Gasteiger partial charge in [-0.05, 0) is 81.4 Å². The van der Waals surface area contributed by atoms with Gasteiger partial charge in [0.05, 0.1) is 28.1 Å². The molecule has 0 saturated heterocycles. The second kappa shape index (κ2) is 13.3. The van der Waals surface area contributed by atoms with E-state index < -0.39 is 0 Å². The van der Waals surface area contributed by atoms with Crippen molar-refractivity contribution >= 4 is 55.0 Å². The number of allylic oxidation sites excluding steroid dienone is 2. The summed E-state index contributed by atoms with van der Waals surface area (Å²) in [6.07, 6.45) is 8.70. The molecule has 9 aromatic rings. The van der Waals surface area contributed by atoms with E-state index in [1.165, 1.54) is 55.2 Å². The third-order valence-electron chi connectivity index (χ3n) is 11.3. The zero-order valence-corrected chi connectivity index (χ0v) is 30.6. The molecule has 2 unspecified atom stereocenters. The third kappa shape index (κ3) is 5.52. The van der Waals surface area contributed by atoms with Crippen molar-refractivity contribution < 1.29 is 4.42 Å². The summed E-state index contributed by atoms with van der Waals surface area (Å²) in [6.45, 7) is 0.873. The molecule has 11 rings (SSSR count). The van der Waals surface area contributed by atoms with Gasteiger partial charge >= 0.3 is 0 Å². The Balaban J connectivity index is 0.954. The molecule has 5 nitrogen and oxygen atoms in total. The van der Waals surface area contributed by atoms with E-state index in [9.17, 15) is 0 Å². The van der Waals surface area contributed by atoms with Crippen molar-refractivity contribution in [1.82, 2.24) is 20.5 Å². The van der Waals surface area contributed by atoms with Crippen LogP contribution in [-0.2, 0) is 0 Å². The van der Waals surface area contributed by atoms with Crippen LogP contribution in [0.25, 0.3) is 71.8 Å². The Labute approximate surface area is 324 Å². The molecule has 2 aromatic heterocycles. The molecule has 7 aromatic carbocycles. The fourth-order valence-electron chi connectivity index (χ4n) is 8.57. The highest BCUT2D eigenvalue weighted by atomic mass is 16.3. The van der Waals surface area contributed by atoms with E-state index in [-0.39, 0.29) is 12.2 Å². The molecule has 4 heterocycles. The van der Waals surface area contributed by atoms with E-state index in [1.54, 1.807) is 0 Å². The first-order valence-corrected chi connectivity index (χ1v) is 19.3. The first kappa shape index (κ1) is 32.4. The number of para-hydroxylation sites is 2. The lowest BCUT2D eigenvalue weighted by Gasteiger charge is -2.33. The highest BCUT2D eigenvalue weighted by molar-refractivity contribution is 6.14. The number of furan rings is 1. The van der Waals surface area contributed by atoms with Crippen LogP contribution in [0.15, 0.2) is 193 Å². The Morgan fingerprint density at radius 2 is 1.27 bits per heavy atom. The van der Waals surface area contributed by atoms with Gasteiger partial charge in [0, 0.05) is 34.6 Å². The van der Waals surface area contributed by atoms with E-state index in [2.05, 4.69) is 197 Å². The van der Waals surface area contributed by atoms with Gasteiger partial charge in [0.1, 0.15) is 17.3 Å². The summed E-state index contributed by atoms with van der Waals surface area (Å²) in [5.74, 6) is 0. The van der Waals surface area contributed by atoms with Gasteiger partial charge in [0.25, 0.3) is 0 Å². The highest BCUT2D eigenvalue weighted by Crippen LogP contribution is 2.40. The molecule has 56 heavy (non-hydrogen) atoms. The molecule has 5 heteroatoms. The topological polar surface area (TPSA) is 54.2 Å². The predicted octanol–water partition coefficient (Wildman–Crippen LogP) is 11.8. The number of hydrogen-bond acceptors (Lipinski definition) is 4. The van der Waals surface area contributed by atoms with Crippen molar-refractivity contribution in [2.45, 2.75) is 12.2 Å². The summed E-state index contributed by atoms with van der Waals surface area (Å²) in [6, 6.07) is 58.8. The SMILES string of the molecule is C1=CC(c2ccc(C3=CC(c4ccc(-c5ccc6c(c5)c5ccccc5n6-c5cccc6oc7ccccc7c56)cc4)NC(c4ccccc4)N3)cc2)=CNC1. The molecular weight excluding hydrogens is 685 g/mol. The minimum atomic E-state index is -0.0423. The highest BCUT2D eigenvalue weighted by Gasteiger charge is 2.24. The van der Waals surface area contributed by atoms with Crippen LogP contribution in [0, 0.1) is 0 Å². The van der Waals surface area contributed by atoms with Crippen LogP contribution in [0.3, 0.4) is 0 Å². The molecule has 0 amide bonds. The van der Waals surface area contributed by atoms with Gasteiger partial charge in [-0.25, -0.2) is 0 Å². The second-order valence-corrected chi connectivity index (χ2v) is 14.7. The minimum absolute atomic E-state index is 0.0144. The number of nitrogens with one attached hydrogen (secondary N) is 3. The molecule has 2 atom stereocenters. The monoisotopic (exact) mass is 722 g/mol. The second-order valence-electron chi connectivity index (χ2n) is 14.7. The molecule has 3 N–H and O–H groups in total. The van der Waals surface area contributed by atoms with Crippen molar-refractivity contribution in [3.63, 3.8) is 0 Å². The van der Waals surface area contributed by atoms with Crippen LogP contribution in [0.2, 0.25) is 0 Å². The van der Waals surface area contributed by atoms with Gasteiger partial charge in [0.2, 0.25) is 0 Å². The molecule has 2 aliphatic rings. The molecule has 0 bridgehead atoms. The van der Waals surface area contributed by atoms with Crippen LogP contribution in [-0.4, -0.2) is 11.1 Å². The van der Waals surface area contributed by atoms with Gasteiger partial charge in [-0.15, -0.1) is 0 Å². The Morgan fingerprint density at radius 1 is 0.554 bits per heavy atom. The fraction of sp³-hybridized carbons (Fsp3) is 0.0588. The van der Waals surface area contributed by atoms with Crippen molar-refractivity contribution in [2.24, 2.45) is 0 Å². The Morgan fingerprint density at radius 3 is 2.11 bits per heavy atom. The predicted molar refractivity (Wildman–Crippen MR) is 231 cm³/mol. The molecule has 0 aliphatic carbocycles. The van der Waals surface area contributed by atoms with E-state index >= 15 is 0 Å². The zero-order chi connectivity index (χ0) is 37.0. The lowest BCUT2D eigenvalue weighted by atomic mass is 9.95. The standard InChI is InChI=1S/C51H38N4O/c1-2-10-37(11-3-1)51-53-43(31-44(54-51)36-25-21-34(22-26-36)39-12-9-29-52-32-39)35-23-19-33(20-24-35)38-27-28-46-42(30-38)40-13-4-6-15-45(40)55(46)47-16-8-18-49-50(47)41-14-5-7-17-48(41)56-49/h1-28,30-32,43,51-54H,29H2. The largest absolute Gasteiger partial charge is 0.456 e. The number of aromatic nitrogens is 1. The lowest BCUT2D eigenvalue weighted by molar-refractivity contribution is 0.442. The average Bonchev–Trinajstić information content (AvgIpc) is 3.83. The van der Waals surface area contributed by atoms with E-state index in [0.717, 1.165) is 45.4 Å².